The quantitative estimate of drug-likeness (QED) is 0.457. The Hall–Kier alpha value is -2.71. The number of hydrogen-bond acceptors (Lipinski definition) is 4. The van der Waals surface area contributed by atoms with Gasteiger partial charge in [0.05, 0.1) is 6.54 Å². The van der Waals surface area contributed by atoms with Gasteiger partial charge in [-0.15, -0.1) is 0 Å². The molecule has 9 nitrogen and oxygen atoms in total. The number of carbonyl (C=O) groups excluding carboxylic acids is 2. The molecular formula is C11H16N4O5. The third-order valence-electron chi connectivity index (χ3n) is 2.33. The largest absolute Gasteiger partial charge is 0.478 e. The maximum atomic E-state index is 11.4. The number of primary amides is 1. The lowest BCUT2D eigenvalue weighted by Crippen LogP contribution is -2.41. The summed E-state index contributed by atoms with van der Waals surface area (Å²) in [6, 6.07) is 0.216. The molecule has 0 unspecified atom stereocenters. The summed E-state index contributed by atoms with van der Waals surface area (Å²) in [4.78, 5) is 32.5. The Morgan fingerprint density at radius 1 is 1.25 bits per heavy atom. The number of furan rings is 1. The third kappa shape index (κ3) is 4.88. The molecule has 0 radical (unpaired) electrons. The van der Waals surface area contributed by atoms with Crippen molar-refractivity contribution in [3.63, 3.8) is 0 Å². The van der Waals surface area contributed by atoms with Crippen LogP contribution in [0.4, 0.5) is 9.59 Å². The van der Waals surface area contributed by atoms with E-state index in [1.54, 1.807) is 0 Å². The van der Waals surface area contributed by atoms with Crippen molar-refractivity contribution < 1.29 is 23.9 Å². The third-order valence-corrected chi connectivity index (χ3v) is 2.33. The van der Waals surface area contributed by atoms with Gasteiger partial charge in [0.2, 0.25) is 0 Å². The zero-order valence-electron chi connectivity index (χ0n) is 10.9. The molecule has 4 amide bonds. The van der Waals surface area contributed by atoms with Gasteiger partial charge in [-0.2, -0.15) is 0 Å². The van der Waals surface area contributed by atoms with E-state index in [1.165, 1.54) is 13.0 Å². The lowest BCUT2D eigenvalue weighted by Gasteiger charge is -2.06. The molecular weight excluding hydrogens is 268 g/mol. The Bertz CT molecular complexity index is 511. The molecule has 6 N–H and O–H groups in total. The van der Waals surface area contributed by atoms with Crippen molar-refractivity contribution in [2.75, 3.05) is 13.1 Å². The highest BCUT2D eigenvalue weighted by Crippen LogP contribution is 2.14. The van der Waals surface area contributed by atoms with Crippen LogP contribution in [-0.4, -0.2) is 36.2 Å². The monoisotopic (exact) mass is 284 g/mol. The Kier molecular flexibility index (Phi) is 5.39. The molecule has 0 aliphatic rings. The van der Waals surface area contributed by atoms with Gasteiger partial charge in [0.15, 0.2) is 0 Å². The highest BCUT2D eigenvalue weighted by molar-refractivity contribution is 5.88. The van der Waals surface area contributed by atoms with Crippen LogP contribution in [0.15, 0.2) is 10.5 Å². The molecule has 0 fully saturated rings. The van der Waals surface area contributed by atoms with Crippen LogP contribution in [0.3, 0.4) is 0 Å². The minimum absolute atomic E-state index is 0.0587. The van der Waals surface area contributed by atoms with Crippen LogP contribution < -0.4 is 21.7 Å². The molecule has 0 saturated heterocycles. The Labute approximate surface area is 114 Å². The van der Waals surface area contributed by atoms with Crippen molar-refractivity contribution in [3.8, 4) is 0 Å². The van der Waals surface area contributed by atoms with Gasteiger partial charge < -0.3 is 31.2 Å². The van der Waals surface area contributed by atoms with Gasteiger partial charge in [0.1, 0.15) is 17.1 Å². The van der Waals surface area contributed by atoms with Gasteiger partial charge >= 0.3 is 18.0 Å². The average Bonchev–Trinajstić information content (AvgIpc) is 2.73. The van der Waals surface area contributed by atoms with E-state index in [9.17, 15) is 14.4 Å². The number of carboxylic acid groups (broad SMARTS) is 1. The molecule has 1 aromatic heterocycles. The molecule has 0 saturated carbocycles. The van der Waals surface area contributed by atoms with E-state index >= 15 is 0 Å². The fourth-order valence-electron chi connectivity index (χ4n) is 1.43. The molecule has 110 valence electrons. The van der Waals surface area contributed by atoms with Crippen LogP contribution in [0, 0.1) is 6.92 Å². The molecule has 0 bridgehead atoms. The van der Waals surface area contributed by atoms with E-state index in [-0.39, 0.29) is 31.0 Å². The molecule has 0 atom stereocenters. The number of amides is 4. The van der Waals surface area contributed by atoms with Crippen molar-refractivity contribution in [1.29, 1.82) is 0 Å². The van der Waals surface area contributed by atoms with Crippen molar-refractivity contribution in [2.24, 2.45) is 5.73 Å². The fourth-order valence-corrected chi connectivity index (χ4v) is 1.43. The topological polar surface area (TPSA) is 147 Å². The van der Waals surface area contributed by atoms with Crippen molar-refractivity contribution in [2.45, 2.75) is 13.5 Å². The number of nitrogens with one attached hydrogen (secondary N) is 3. The van der Waals surface area contributed by atoms with E-state index in [0.717, 1.165) is 0 Å². The second-order valence-corrected chi connectivity index (χ2v) is 3.89. The molecule has 1 heterocycles. The number of aromatic carboxylic acids is 1. The molecule has 20 heavy (non-hydrogen) atoms. The van der Waals surface area contributed by atoms with Crippen molar-refractivity contribution in [1.82, 2.24) is 16.0 Å². The van der Waals surface area contributed by atoms with E-state index in [1.807, 2.05) is 0 Å². The van der Waals surface area contributed by atoms with E-state index in [0.29, 0.717) is 5.76 Å². The van der Waals surface area contributed by atoms with Gasteiger partial charge in [0, 0.05) is 13.1 Å². The van der Waals surface area contributed by atoms with Crippen LogP contribution in [0.5, 0.6) is 0 Å². The van der Waals surface area contributed by atoms with Crippen LogP contribution in [-0.2, 0) is 6.54 Å². The molecule has 9 heteroatoms. The number of nitrogens with two attached hydrogens (primary N) is 1. The first-order valence-electron chi connectivity index (χ1n) is 5.77. The van der Waals surface area contributed by atoms with Crippen LogP contribution in [0.1, 0.15) is 21.9 Å². The van der Waals surface area contributed by atoms with Gasteiger partial charge in [0.25, 0.3) is 0 Å². The summed E-state index contributed by atoms with van der Waals surface area (Å²) in [6.07, 6.45) is 0. The standard InChI is InChI=1S/C11H16N4O5/c1-6-8(9(16)17)4-7(20-6)5-15-11(19)14-3-2-13-10(12)18/h4H,2-3,5H2,1H3,(H,16,17)(H3,12,13,18)(H2,14,15,19). The normalized spacial score (nSPS) is 9.85. The summed E-state index contributed by atoms with van der Waals surface area (Å²) >= 11 is 0. The second kappa shape index (κ2) is 7.02. The summed E-state index contributed by atoms with van der Waals surface area (Å²) in [5.41, 5.74) is 4.91. The average molecular weight is 284 g/mol. The molecule has 0 spiro atoms. The maximum absolute atomic E-state index is 11.4. The predicted octanol–water partition coefficient (Wildman–Crippen LogP) is -0.246. The van der Waals surface area contributed by atoms with Gasteiger partial charge in [-0.3, -0.25) is 0 Å². The molecule has 1 rings (SSSR count). The number of carbonyl (C=O) groups is 3. The van der Waals surface area contributed by atoms with E-state index in [2.05, 4.69) is 16.0 Å². The van der Waals surface area contributed by atoms with Crippen LogP contribution in [0.2, 0.25) is 0 Å². The Morgan fingerprint density at radius 3 is 2.45 bits per heavy atom. The summed E-state index contributed by atoms with van der Waals surface area (Å²) in [6.45, 7) is 2.02. The lowest BCUT2D eigenvalue weighted by molar-refractivity contribution is 0.0695. The fraction of sp³-hybridized carbons (Fsp3) is 0.364. The minimum Gasteiger partial charge on any atom is -0.478 e. The number of carboxylic acids is 1. The number of urea groups is 2. The number of hydrogen-bond donors (Lipinski definition) is 5. The molecule has 0 aliphatic carbocycles. The van der Waals surface area contributed by atoms with Gasteiger partial charge in [-0.25, -0.2) is 14.4 Å². The van der Waals surface area contributed by atoms with E-state index < -0.39 is 18.0 Å². The minimum atomic E-state index is -1.08. The Morgan fingerprint density at radius 2 is 1.90 bits per heavy atom. The first-order valence-corrected chi connectivity index (χ1v) is 5.77. The highest BCUT2D eigenvalue weighted by atomic mass is 16.4. The second-order valence-electron chi connectivity index (χ2n) is 3.89. The maximum Gasteiger partial charge on any atom is 0.339 e. The zero-order chi connectivity index (χ0) is 15.1. The molecule has 0 aliphatic heterocycles. The molecule has 1 aromatic rings. The van der Waals surface area contributed by atoms with Crippen LogP contribution in [0.25, 0.3) is 0 Å². The van der Waals surface area contributed by atoms with Crippen molar-refractivity contribution >= 4 is 18.0 Å². The highest BCUT2D eigenvalue weighted by Gasteiger charge is 2.13. The predicted molar refractivity (Wildman–Crippen MR) is 68.2 cm³/mol. The van der Waals surface area contributed by atoms with E-state index in [4.69, 9.17) is 15.3 Å². The summed E-state index contributed by atoms with van der Waals surface area (Å²) in [7, 11) is 0. The van der Waals surface area contributed by atoms with Gasteiger partial charge in [-0.1, -0.05) is 0 Å². The smallest absolute Gasteiger partial charge is 0.339 e. The summed E-state index contributed by atoms with van der Waals surface area (Å²) in [5.74, 6) is -0.467. The molecule has 0 aromatic carbocycles. The van der Waals surface area contributed by atoms with Crippen molar-refractivity contribution in [3.05, 3.63) is 23.2 Å². The first-order chi connectivity index (χ1) is 9.40. The Balaban J connectivity index is 2.32. The summed E-state index contributed by atoms with van der Waals surface area (Å²) < 4.78 is 5.19. The number of aryl methyl sites for hydroxylation is 1. The zero-order valence-corrected chi connectivity index (χ0v) is 10.9. The SMILES string of the molecule is Cc1oc(CNC(=O)NCCNC(N)=O)cc1C(=O)O. The first kappa shape index (κ1) is 15.3. The van der Waals surface area contributed by atoms with Crippen LogP contribution >= 0.6 is 0 Å². The number of rotatable bonds is 6. The lowest BCUT2D eigenvalue weighted by atomic mass is 10.2. The summed E-state index contributed by atoms with van der Waals surface area (Å²) in [5, 5.41) is 16.1. The van der Waals surface area contributed by atoms with Gasteiger partial charge in [-0.05, 0) is 13.0 Å².